The lowest BCUT2D eigenvalue weighted by molar-refractivity contribution is 0.0950. The van der Waals surface area contributed by atoms with Crippen molar-refractivity contribution in [2.75, 3.05) is 19.6 Å². The van der Waals surface area contributed by atoms with Crippen molar-refractivity contribution < 1.29 is 9.21 Å². The summed E-state index contributed by atoms with van der Waals surface area (Å²) in [5.41, 5.74) is 2.45. The molecule has 1 N–H and O–H groups in total. The number of furan rings is 1. The Balaban J connectivity index is 1.56. The van der Waals surface area contributed by atoms with Crippen LogP contribution in [-0.4, -0.2) is 42.6 Å². The van der Waals surface area contributed by atoms with Gasteiger partial charge in [0.1, 0.15) is 17.9 Å². The van der Waals surface area contributed by atoms with Gasteiger partial charge >= 0.3 is 0 Å². The minimum atomic E-state index is -0.142. The van der Waals surface area contributed by atoms with Crippen molar-refractivity contribution >= 4 is 24.0 Å². The number of aliphatic imine (C=N–C) groups is 2. The Morgan fingerprint density at radius 3 is 2.96 bits per heavy atom. The van der Waals surface area contributed by atoms with Gasteiger partial charge in [0.15, 0.2) is 0 Å². The number of fused-ring (bicyclic) bond motifs is 3. The Hall–Kier alpha value is -2.89. The number of carbonyl (C=O) groups excluding carboxylic acids is 1. The SMILES string of the molecule is Cc1oc2c(c1C(=O)NC[C@@H](C)c1ccccc1)C1=NCCN1C=N2. The van der Waals surface area contributed by atoms with E-state index in [1.807, 2.05) is 23.1 Å². The van der Waals surface area contributed by atoms with Crippen molar-refractivity contribution in [3.63, 3.8) is 0 Å². The Morgan fingerprint density at radius 1 is 1.36 bits per heavy atom. The summed E-state index contributed by atoms with van der Waals surface area (Å²) in [7, 11) is 0. The van der Waals surface area contributed by atoms with E-state index < -0.39 is 0 Å². The topological polar surface area (TPSA) is 70.2 Å². The molecule has 128 valence electrons. The van der Waals surface area contributed by atoms with Gasteiger partial charge in [0, 0.05) is 13.1 Å². The van der Waals surface area contributed by atoms with Gasteiger partial charge in [-0.25, -0.2) is 4.99 Å². The highest BCUT2D eigenvalue weighted by molar-refractivity contribution is 6.17. The van der Waals surface area contributed by atoms with Gasteiger partial charge in [-0.2, -0.15) is 0 Å². The maximum atomic E-state index is 12.8. The van der Waals surface area contributed by atoms with E-state index in [0.29, 0.717) is 35.9 Å². The molecule has 2 aromatic rings. The first kappa shape index (κ1) is 15.6. The number of amides is 1. The molecule has 0 unspecified atom stereocenters. The van der Waals surface area contributed by atoms with E-state index in [2.05, 4.69) is 34.4 Å². The maximum Gasteiger partial charge on any atom is 0.255 e. The van der Waals surface area contributed by atoms with Crippen LogP contribution >= 0.6 is 0 Å². The van der Waals surface area contributed by atoms with Crippen molar-refractivity contribution in [3.8, 4) is 0 Å². The van der Waals surface area contributed by atoms with E-state index in [1.165, 1.54) is 5.56 Å². The average molecular weight is 336 g/mol. The van der Waals surface area contributed by atoms with Gasteiger partial charge in [-0.3, -0.25) is 9.79 Å². The molecule has 1 amide bonds. The molecule has 2 aliphatic heterocycles. The third kappa shape index (κ3) is 2.73. The van der Waals surface area contributed by atoms with Gasteiger partial charge in [-0.1, -0.05) is 37.3 Å². The number of nitrogens with one attached hydrogen (secondary N) is 1. The molecule has 6 nitrogen and oxygen atoms in total. The van der Waals surface area contributed by atoms with E-state index >= 15 is 0 Å². The number of aryl methyl sites for hydroxylation is 1. The van der Waals surface area contributed by atoms with Crippen LogP contribution in [0.2, 0.25) is 0 Å². The predicted molar refractivity (Wildman–Crippen MR) is 96.9 cm³/mol. The molecule has 2 aliphatic rings. The Labute approximate surface area is 146 Å². The minimum absolute atomic E-state index is 0.142. The first-order valence-corrected chi connectivity index (χ1v) is 8.47. The van der Waals surface area contributed by atoms with Crippen LogP contribution in [0.5, 0.6) is 0 Å². The van der Waals surface area contributed by atoms with E-state index in [1.54, 1.807) is 13.3 Å². The summed E-state index contributed by atoms with van der Waals surface area (Å²) in [4.78, 5) is 23.6. The summed E-state index contributed by atoms with van der Waals surface area (Å²) in [6.07, 6.45) is 1.72. The van der Waals surface area contributed by atoms with Crippen LogP contribution in [0, 0.1) is 6.92 Å². The summed E-state index contributed by atoms with van der Waals surface area (Å²) in [5.74, 6) is 1.91. The highest BCUT2D eigenvalue weighted by atomic mass is 16.4. The molecule has 1 aromatic heterocycles. The number of nitrogens with zero attached hydrogens (tertiary/aromatic N) is 3. The van der Waals surface area contributed by atoms with Gasteiger partial charge in [-0.05, 0) is 18.4 Å². The first-order valence-electron chi connectivity index (χ1n) is 8.47. The lowest BCUT2D eigenvalue weighted by Crippen LogP contribution is -2.33. The Bertz CT molecular complexity index is 867. The molecular weight excluding hydrogens is 316 g/mol. The van der Waals surface area contributed by atoms with Crippen molar-refractivity contribution in [1.29, 1.82) is 0 Å². The number of benzene rings is 1. The zero-order valence-electron chi connectivity index (χ0n) is 14.3. The Kier molecular flexibility index (Phi) is 3.87. The molecule has 0 saturated heterocycles. The van der Waals surface area contributed by atoms with Crippen molar-refractivity contribution in [1.82, 2.24) is 10.2 Å². The molecular formula is C19H20N4O2. The fraction of sp³-hybridized carbons (Fsp3) is 0.316. The molecule has 0 fully saturated rings. The van der Waals surface area contributed by atoms with Crippen LogP contribution in [0.25, 0.3) is 0 Å². The number of hydrogen-bond donors (Lipinski definition) is 1. The molecule has 6 heteroatoms. The van der Waals surface area contributed by atoms with Gasteiger partial charge in [0.05, 0.1) is 17.7 Å². The van der Waals surface area contributed by atoms with Crippen LogP contribution < -0.4 is 5.32 Å². The fourth-order valence-corrected chi connectivity index (χ4v) is 3.25. The predicted octanol–water partition coefficient (Wildman–Crippen LogP) is 2.86. The second kappa shape index (κ2) is 6.20. The third-order valence-electron chi connectivity index (χ3n) is 4.64. The summed E-state index contributed by atoms with van der Waals surface area (Å²) >= 11 is 0. The summed E-state index contributed by atoms with van der Waals surface area (Å²) in [6.45, 7) is 5.94. The molecule has 0 bridgehead atoms. The Morgan fingerprint density at radius 2 is 2.16 bits per heavy atom. The van der Waals surface area contributed by atoms with Crippen LogP contribution in [-0.2, 0) is 0 Å². The maximum absolute atomic E-state index is 12.8. The molecule has 0 saturated carbocycles. The second-order valence-corrected chi connectivity index (χ2v) is 6.38. The largest absolute Gasteiger partial charge is 0.442 e. The minimum Gasteiger partial charge on any atom is -0.442 e. The van der Waals surface area contributed by atoms with Crippen molar-refractivity contribution in [2.24, 2.45) is 9.98 Å². The molecule has 3 heterocycles. The van der Waals surface area contributed by atoms with E-state index in [0.717, 1.165) is 12.4 Å². The smallest absolute Gasteiger partial charge is 0.255 e. The normalized spacial score (nSPS) is 16.2. The summed E-state index contributed by atoms with van der Waals surface area (Å²) in [6, 6.07) is 10.2. The van der Waals surface area contributed by atoms with Gasteiger partial charge in [0.25, 0.3) is 5.91 Å². The standard InChI is InChI=1S/C19H20N4O2/c1-12(14-6-4-3-5-7-14)10-21-18(24)15-13(2)25-19-16(15)17-20-8-9-23(17)11-22-19/h3-7,11-12H,8-10H2,1-2H3,(H,21,24)/t12-/m1/s1. The molecule has 1 aromatic carbocycles. The summed E-state index contributed by atoms with van der Waals surface area (Å²) < 4.78 is 5.69. The van der Waals surface area contributed by atoms with E-state index in [4.69, 9.17) is 4.42 Å². The number of amidine groups is 1. The van der Waals surface area contributed by atoms with Crippen LogP contribution in [0.1, 0.15) is 40.1 Å². The first-order chi connectivity index (χ1) is 12.1. The average Bonchev–Trinajstić information content (AvgIpc) is 3.23. The molecule has 1 atom stereocenters. The van der Waals surface area contributed by atoms with Gasteiger partial charge < -0.3 is 14.6 Å². The molecule has 0 aliphatic carbocycles. The highest BCUT2D eigenvalue weighted by Crippen LogP contribution is 2.34. The summed E-state index contributed by atoms with van der Waals surface area (Å²) in [5, 5.41) is 3.03. The van der Waals surface area contributed by atoms with E-state index in [-0.39, 0.29) is 11.8 Å². The zero-order valence-corrected chi connectivity index (χ0v) is 14.3. The van der Waals surface area contributed by atoms with Crippen molar-refractivity contribution in [2.45, 2.75) is 19.8 Å². The van der Waals surface area contributed by atoms with Crippen molar-refractivity contribution in [3.05, 3.63) is 52.8 Å². The number of hydrogen-bond acceptors (Lipinski definition) is 5. The molecule has 0 radical (unpaired) electrons. The quantitative estimate of drug-likeness (QED) is 0.933. The van der Waals surface area contributed by atoms with Crippen LogP contribution in [0.3, 0.4) is 0 Å². The zero-order chi connectivity index (χ0) is 17.4. The third-order valence-corrected chi connectivity index (χ3v) is 4.64. The van der Waals surface area contributed by atoms with Crippen LogP contribution in [0.4, 0.5) is 5.88 Å². The molecule has 25 heavy (non-hydrogen) atoms. The van der Waals surface area contributed by atoms with Crippen LogP contribution in [0.15, 0.2) is 44.7 Å². The number of carbonyl (C=O) groups is 1. The molecule has 4 rings (SSSR count). The number of rotatable bonds is 4. The highest BCUT2D eigenvalue weighted by Gasteiger charge is 2.33. The lowest BCUT2D eigenvalue weighted by Gasteiger charge is -2.18. The van der Waals surface area contributed by atoms with E-state index in [9.17, 15) is 4.79 Å². The van der Waals surface area contributed by atoms with Gasteiger partial charge in [-0.15, -0.1) is 0 Å². The second-order valence-electron chi connectivity index (χ2n) is 6.38. The molecule has 0 spiro atoms. The lowest BCUT2D eigenvalue weighted by atomic mass is 10.0. The van der Waals surface area contributed by atoms with Gasteiger partial charge in [0.2, 0.25) is 5.88 Å². The fourth-order valence-electron chi connectivity index (χ4n) is 3.25. The monoisotopic (exact) mass is 336 g/mol.